The first-order valence-corrected chi connectivity index (χ1v) is 5.52. The summed E-state index contributed by atoms with van der Waals surface area (Å²) in [6, 6.07) is 0. The smallest absolute Gasteiger partial charge is 0.250 e. The molecule has 1 aliphatic carbocycles. The number of piperidine rings is 2. The molecule has 3 heterocycles. The second-order valence-corrected chi connectivity index (χ2v) is 4.71. The van der Waals surface area contributed by atoms with E-state index in [0.29, 0.717) is 19.1 Å². The summed E-state index contributed by atoms with van der Waals surface area (Å²) in [6.45, 7) is 4.96. The quantitative estimate of drug-likeness (QED) is 0.659. The van der Waals surface area contributed by atoms with Crippen molar-refractivity contribution in [1.82, 2.24) is 10.2 Å². The van der Waals surface area contributed by atoms with Crippen molar-refractivity contribution in [3.05, 3.63) is 12.3 Å². The van der Waals surface area contributed by atoms with Crippen LogP contribution in [0.25, 0.3) is 0 Å². The molecule has 2 bridgehead atoms. The first-order chi connectivity index (χ1) is 7.63. The van der Waals surface area contributed by atoms with Crippen LogP contribution in [0.5, 0.6) is 0 Å². The fraction of sp³-hybridized carbons (Fsp3) is 0.636. The molecule has 4 rings (SSSR count). The summed E-state index contributed by atoms with van der Waals surface area (Å²) in [7, 11) is 0. The Balaban J connectivity index is 1.87. The maximum atomic E-state index is 12.0. The van der Waals surface area contributed by atoms with Crippen molar-refractivity contribution in [3.8, 4) is 0 Å². The molecule has 86 valence electrons. The zero-order valence-electron chi connectivity index (χ0n) is 8.99. The lowest BCUT2D eigenvalue weighted by Gasteiger charge is -2.57. The molecule has 4 aliphatic rings. The normalized spacial score (nSPS) is 38.1. The molecule has 2 amide bonds. The Labute approximate surface area is 93.4 Å². The number of nitrogens with zero attached hydrogens (tertiary/aromatic N) is 1. The van der Waals surface area contributed by atoms with Gasteiger partial charge in [0.2, 0.25) is 11.8 Å². The highest BCUT2D eigenvalue weighted by molar-refractivity contribution is 5.95. The Hall–Kier alpha value is -1.36. The third-order valence-electron chi connectivity index (χ3n) is 3.86. The van der Waals surface area contributed by atoms with Crippen LogP contribution < -0.4 is 5.32 Å². The number of nitrogens with one attached hydrogen (secondary N) is 1. The number of amides is 2. The van der Waals surface area contributed by atoms with E-state index in [0.717, 1.165) is 18.5 Å². The Morgan fingerprint density at radius 3 is 2.81 bits per heavy atom. The SMILES string of the molecule is C=C1NC(=O)C2(N3CCOCC3=O)CC1C2. The summed E-state index contributed by atoms with van der Waals surface area (Å²) in [6.07, 6.45) is 1.45. The van der Waals surface area contributed by atoms with Gasteiger partial charge in [0.15, 0.2) is 0 Å². The maximum absolute atomic E-state index is 12.0. The van der Waals surface area contributed by atoms with Crippen molar-refractivity contribution in [2.75, 3.05) is 19.8 Å². The van der Waals surface area contributed by atoms with Crippen LogP contribution in [0.3, 0.4) is 0 Å². The van der Waals surface area contributed by atoms with Crippen molar-refractivity contribution in [1.29, 1.82) is 0 Å². The lowest BCUT2D eigenvalue weighted by Crippen LogP contribution is -2.72. The van der Waals surface area contributed by atoms with E-state index in [1.54, 1.807) is 4.90 Å². The van der Waals surface area contributed by atoms with Gasteiger partial charge < -0.3 is 15.0 Å². The van der Waals surface area contributed by atoms with Crippen LogP contribution in [-0.4, -0.2) is 42.0 Å². The van der Waals surface area contributed by atoms with Crippen LogP contribution in [0.15, 0.2) is 12.3 Å². The van der Waals surface area contributed by atoms with Crippen LogP contribution in [-0.2, 0) is 14.3 Å². The Morgan fingerprint density at radius 1 is 1.44 bits per heavy atom. The number of allylic oxidation sites excluding steroid dienone is 1. The number of fused-ring (bicyclic) bond motifs is 2. The van der Waals surface area contributed by atoms with E-state index < -0.39 is 5.54 Å². The molecular weight excluding hydrogens is 208 g/mol. The minimum Gasteiger partial charge on any atom is -0.370 e. The van der Waals surface area contributed by atoms with Gasteiger partial charge in [0.1, 0.15) is 12.1 Å². The fourth-order valence-corrected chi connectivity index (χ4v) is 2.87. The molecule has 0 unspecified atom stereocenters. The van der Waals surface area contributed by atoms with Crippen LogP contribution in [0.2, 0.25) is 0 Å². The van der Waals surface area contributed by atoms with Gasteiger partial charge in [-0.3, -0.25) is 9.59 Å². The second-order valence-electron chi connectivity index (χ2n) is 4.71. The zero-order chi connectivity index (χ0) is 11.3. The highest BCUT2D eigenvalue weighted by atomic mass is 16.5. The molecular formula is C11H14N2O3. The number of morpholine rings is 1. The van der Waals surface area contributed by atoms with Gasteiger partial charge in [0, 0.05) is 18.2 Å². The zero-order valence-corrected chi connectivity index (χ0v) is 8.99. The number of ether oxygens (including phenoxy) is 1. The Kier molecular flexibility index (Phi) is 1.89. The molecule has 16 heavy (non-hydrogen) atoms. The van der Waals surface area contributed by atoms with Gasteiger partial charge >= 0.3 is 0 Å². The van der Waals surface area contributed by atoms with Gasteiger partial charge in [-0.05, 0) is 12.8 Å². The van der Waals surface area contributed by atoms with Gasteiger partial charge in [0.05, 0.1) is 6.61 Å². The molecule has 5 nitrogen and oxygen atoms in total. The molecule has 1 saturated carbocycles. The molecule has 1 N–H and O–H groups in total. The molecule has 3 saturated heterocycles. The number of carbonyl (C=O) groups excluding carboxylic acids is 2. The van der Waals surface area contributed by atoms with Gasteiger partial charge in [0.25, 0.3) is 0 Å². The van der Waals surface area contributed by atoms with E-state index in [2.05, 4.69) is 11.9 Å². The summed E-state index contributed by atoms with van der Waals surface area (Å²) < 4.78 is 5.08. The molecule has 0 aromatic heterocycles. The summed E-state index contributed by atoms with van der Waals surface area (Å²) in [5, 5.41) is 2.77. The van der Waals surface area contributed by atoms with Gasteiger partial charge in [-0.1, -0.05) is 6.58 Å². The first-order valence-electron chi connectivity index (χ1n) is 5.52. The number of rotatable bonds is 1. The van der Waals surface area contributed by atoms with Crippen LogP contribution in [0.1, 0.15) is 12.8 Å². The third-order valence-corrected chi connectivity index (χ3v) is 3.86. The van der Waals surface area contributed by atoms with Crippen LogP contribution in [0, 0.1) is 5.92 Å². The van der Waals surface area contributed by atoms with Crippen LogP contribution >= 0.6 is 0 Å². The van der Waals surface area contributed by atoms with Crippen molar-refractivity contribution in [3.63, 3.8) is 0 Å². The monoisotopic (exact) mass is 222 g/mol. The Bertz CT molecular complexity index is 385. The molecule has 0 aromatic carbocycles. The third kappa shape index (κ3) is 1.09. The lowest BCUT2D eigenvalue weighted by atomic mass is 9.62. The fourth-order valence-electron chi connectivity index (χ4n) is 2.87. The van der Waals surface area contributed by atoms with E-state index >= 15 is 0 Å². The lowest BCUT2D eigenvalue weighted by molar-refractivity contribution is -0.170. The van der Waals surface area contributed by atoms with E-state index in [1.165, 1.54) is 0 Å². The van der Waals surface area contributed by atoms with Gasteiger partial charge in [-0.15, -0.1) is 0 Å². The highest BCUT2D eigenvalue weighted by Gasteiger charge is 2.60. The van der Waals surface area contributed by atoms with E-state index in [-0.39, 0.29) is 18.4 Å². The van der Waals surface area contributed by atoms with Crippen LogP contribution in [0.4, 0.5) is 0 Å². The van der Waals surface area contributed by atoms with Crippen molar-refractivity contribution in [2.24, 2.45) is 5.92 Å². The molecule has 0 aromatic rings. The van der Waals surface area contributed by atoms with Crippen molar-refractivity contribution in [2.45, 2.75) is 18.4 Å². The predicted octanol–water partition coefficient (Wildman–Crippen LogP) is -0.363. The summed E-state index contributed by atoms with van der Waals surface area (Å²) in [5.41, 5.74) is 0.194. The van der Waals surface area contributed by atoms with Gasteiger partial charge in [-0.25, -0.2) is 0 Å². The first kappa shape index (κ1) is 9.84. The maximum Gasteiger partial charge on any atom is 0.250 e. The molecule has 0 atom stereocenters. The largest absolute Gasteiger partial charge is 0.370 e. The summed E-state index contributed by atoms with van der Waals surface area (Å²) in [5.74, 6) is 0.191. The number of hydrogen-bond acceptors (Lipinski definition) is 3. The minimum absolute atomic E-state index is 0.0738. The number of hydrogen-bond donors (Lipinski definition) is 1. The second kappa shape index (κ2) is 3.07. The summed E-state index contributed by atoms with van der Waals surface area (Å²) >= 11 is 0. The summed E-state index contributed by atoms with van der Waals surface area (Å²) in [4.78, 5) is 25.4. The van der Waals surface area contributed by atoms with Crippen molar-refractivity contribution < 1.29 is 14.3 Å². The molecule has 5 heteroatoms. The standard InChI is InChI=1S/C11H14N2O3/c1-7-8-4-11(5-8,10(15)12-7)13-2-3-16-6-9(13)14/h8H,1-6H2,(H,12,15). The molecule has 4 fully saturated rings. The van der Waals surface area contributed by atoms with E-state index in [9.17, 15) is 9.59 Å². The number of carbonyl (C=O) groups is 2. The minimum atomic E-state index is -0.604. The molecule has 3 aliphatic heterocycles. The molecule has 0 radical (unpaired) electrons. The predicted molar refractivity (Wildman–Crippen MR) is 55.3 cm³/mol. The van der Waals surface area contributed by atoms with E-state index in [1.807, 2.05) is 0 Å². The Morgan fingerprint density at radius 2 is 2.19 bits per heavy atom. The van der Waals surface area contributed by atoms with Crippen molar-refractivity contribution >= 4 is 11.8 Å². The average molecular weight is 222 g/mol. The average Bonchev–Trinajstić information content (AvgIpc) is 2.17. The van der Waals surface area contributed by atoms with E-state index in [4.69, 9.17) is 4.74 Å². The van der Waals surface area contributed by atoms with Gasteiger partial charge in [-0.2, -0.15) is 0 Å². The molecule has 0 spiro atoms. The topological polar surface area (TPSA) is 58.6 Å². The highest BCUT2D eigenvalue weighted by Crippen LogP contribution is 2.49.